The zero-order chi connectivity index (χ0) is 14.7. The minimum Gasteiger partial charge on any atom is -0.478 e. The molecule has 0 bridgehead atoms. The molecule has 0 amide bonds. The zero-order valence-electron chi connectivity index (χ0n) is 11.3. The van der Waals surface area contributed by atoms with Gasteiger partial charge in [-0.2, -0.15) is 0 Å². The van der Waals surface area contributed by atoms with Gasteiger partial charge in [0.2, 0.25) is 10.0 Å². The number of hydrogen-bond acceptors (Lipinski definition) is 3. The lowest BCUT2D eigenvalue weighted by Crippen LogP contribution is -2.33. The third-order valence-electron chi connectivity index (χ3n) is 3.11. The fraction of sp³-hybridized carbons (Fsp3) is 0.462. The molecule has 0 aliphatic rings. The monoisotopic (exact) mass is 285 g/mol. The fourth-order valence-corrected chi connectivity index (χ4v) is 2.52. The van der Waals surface area contributed by atoms with Gasteiger partial charge in [0.15, 0.2) is 0 Å². The Hall–Kier alpha value is -1.40. The van der Waals surface area contributed by atoms with Crippen molar-refractivity contribution in [3.8, 4) is 0 Å². The van der Waals surface area contributed by atoms with E-state index in [2.05, 4.69) is 4.72 Å². The van der Waals surface area contributed by atoms with E-state index in [9.17, 15) is 13.2 Å². The lowest BCUT2D eigenvalue weighted by Gasteiger charge is -2.22. The topological polar surface area (TPSA) is 83.5 Å². The zero-order valence-corrected chi connectivity index (χ0v) is 12.1. The molecule has 6 heteroatoms. The van der Waals surface area contributed by atoms with Crippen molar-refractivity contribution in [2.45, 2.75) is 32.1 Å². The highest BCUT2D eigenvalue weighted by Gasteiger charge is 2.20. The number of rotatable bonds is 6. The molecule has 5 nitrogen and oxygen atoms in total. The van der Waals surface area contributed by atoms with Gasteiger partial charge in [-0.1, -0.05) is 20.8 Å². The van der Waals surface area contributed by atoms with Crippen LogP contribution in [-0.4, -0.2) is 26.0 Å². The first kappa shape index (κ1) is 15.7. The number of carbonyl (C=O) groups is 1. The quantitative estimate of drug-likeness (QED) is 0.838. The smallest absolute Gasteiger partial charge is 0.335 e. The summed E-state index contributed by atoms with van der Waals surface area (Å²) in [6.07, 6.45) is 0.855. The summed E-state index contributed by atoms with van der Waals surface area (Å²) >= 11 is 0. The third kappa shape index (κ3) is 4.33. The SMILES string of the molecule is CCC(C)(C)CNS(=O)(=O)c1ccc(C(=O)O)cc1. The summed E-state index contributed by atoms with van der Waals surface area (Å²) in [4.78, 5) is 10.8. The number of nitrogens with one attached hydrogen (secondary N) is 1. The van der Waals surface area contributed by atoms with Crippen molar-refractivity contribution < 1.29 is 18.3 Å². The molecule has 0 aliphatic carbocycles. The van der Waals surface area contributed by atoms with Gasteiger partial charge in [0.1, 0.15) is 0 Å². The minimum atomic E-state index is -3.59. The van der Waals surface area contributed by atoms with E-state index in [-0.39, 0.29) is 15.9 Å². The maximum atomic E-state index is 12.0. The lowest BCUT2D eigenvalue weighted by atomic mass is 9.91. The minimum absolute atomic E-state index is 0.0628. The number of aromatic carboxylic acids is 1. The van der Waals surface area contributed by atoms with E-state index in [1.54, 1.807) is 0 Å². The second kappa shape index (κ2) is 5.71. The highest BCUT2D eigenvalue weighted by Crippen LogP contribution is 2.19. The van der Waals surface area contributed by atoms with E-state index < -0.39 is 16.0 Å². The van der Waals surface area contributed by atoms with Gasteiger partial charge < -0.3 is 5.11 Å². The van der Waals surface area contributed by atoms with Crippen LogP contribution in [0, 0.1) is 5.41 Å². The van der Waals surface area contributed by atoms with E-state index in [0.29, 0.717) is 6.54 Å². The molecule has 0 saturated carbocycles. The van der Waals surface area contributed by atoms with Crippen molar-refractivity contribution in [2.75, 3.05) is 6.54 Å². The summed E-state index contributed by atoms with van der Waals surface area (Å²) in [7, 11) is -3.59. The molecule has 2 N–H and O–H groups in total. The van der Waals surface area contributed by atoms with E-state index in [1.165, 1.54) is 24.3 Å². The van der Waals surface area contributed by atoms with Gasteiger partial charge in [0.05, 0.1) is 10.5 Å². The molecule has 0 aromatic heterocycles. The number of carboxylic acids is 1. The molecule has 0 atom stereocenters. The highest BCUT2D eigenvalue weighted by atomic mass is 32.2. The lowest BCUT2D eigenvalue weighted by molar-refractivity contribution is 0.0696. The summed E-state index contributed by atoms with van der Waals surface area (Å²) in [6, 6.07) is 5.15. The van der Waals surface area contributed by atoms with Gasteiger partial charge in [-0.15, -0.1) is 0 Å². The molecule has 0 heterocycles. The Balaban J connectivity index is 2.86. The fourth-order valence-electron chi connectivity index (χ4n) is 1.28. The summed E-state index contributed by atoms with van der Waals surface area (Å²) in [5, 5.41) is 8.76. The second-order valence-electron chi connectivity index (χ2n) is 5.17. The number of benzene rings is 1. The van der Waals surface area contributed by atoms with Crippen LogP contribution < -0.4 is 4.72 Å². The average molecular weight is 285 g/mol. The van der Waals surface area contributed by atoms with E-state index >= 15 is 0 Å². The van der Waals surface area contributed by atoms with E-state index in [0.717, 1.165) is 6.42 Å². The van der Waals surface area contributed by atoms with Crippen LogP contribution in [0.15, 0.2) is 29.2 Å². The van der Waals surface area contributed by atoms with Crippen molar-refractivity contribution >= 4 is 16.0 Å². The molecule has 1 rings (SSSR count). The van der Waals surface area contributed by atoms with Gasteiger partial charge in [-0.3, -0.25) is 0 Å². The summed E-state index contributed by atoms with van der Waals surface area (Å²) in [5.74, 6) is -1.08. The largest absolute Gasteiger partial charge is 0.478 e. The Morgan fingerprint density at radius 2 is 1.79 bits per heavy atom. The third-order valence-corrected chi connectivity index (χ3v) is 4.53. The number of carboxylic acid groups (broad SMARTS) is 1. The van der Waals surface area contributed by atoms with Crippen LogP contribution in [0.3, 0.4) is 0 Å². The molecule has 0 saturated heterocycles. The average Bonchev–Trinajstić information content (AvgIpc) is 2.37. The van der Waals surface area contributed by atoms with Gasteiger partial charge >= 0.3 is 5.97 Å². The van der Waals surface area contributed by atoms with Crippen molar-refractivity contribution in [3.63, 3.8) is 0 Å². The maximum absolute atomic E-state index is 12.0. The Bertz CT molecular complexity index is 547. The molecule has 106 valence electrons. The predicted octanol–water partition coefficient (Wildman–Crippen LogP) is 2.10. The molecule has 0 aliphatic heterocycles. The molecule has 0 fully saturated rings. The number of hydrogen-bond donors (Lipinski definition) is 2. The van der Waals surface area contributed by atoms with Crippen molar-refractivity contribution in [2.24, 2.45) is 5.41 Å². The van der Waals surface area contributed by atoms with Gasteiger partial charge in [-0.05, 0) is 36.1 Å². The van der Waals surface area contributed by atoms with E-state index in [1.807, 2.05) is 20.8 Å². The second-order valence-corrected chi connectivity index (χ2v) is 6.94. The van der Waals surface area contributed by atoms with Crippen LogP contribution in [0.5, 0.6) is 0 Å². The highest BCUT2D eigenvalue weighted by molar-refractivity contribution is 7.89. The summed E-state index contributed by atoms with van der Waals surface area (Å²) in [6.45, 7) is 6.29. The molecular formula is C13H19NO4S. The Kier molecular flexibility index (Phi) is 4.70. The Labute approximate surface area is 113 Å². The standard InChI is InChI=1S/C13H19NO4S/c1-4-13(2,3)9-14-19(17,18)11-7-5-10(6-8-11)12(15)16/h5-8,14H,4,9H2,1-3H3,(H,15,16). The van der Waals surface area contributed by atoms with Crippen LogP contribution in [-0.2, 0) is 10.0 Å². The normalized spacial score (nSPS) is 12.4. The summed E-state index contributed by atoms with van der Waals surface area (Å²) in [5.41, 5.74) is -0.0542. The van der Waals surface area contributed by atoms with Crippen molar-refractivity contribution in [1.82, 2.24) is 4.72 Å². The number of sulfonamides is 1. The summed E-state index contributed by atoms with van der Waals surface area (Å²) < 4.78 is 26.6. The van der Waals surface area contributed by atoms with Crippen molar-refractivity contribution in [1.29, 1.82) is 0 Å². The van der Waals surface area contributed by atoms with Gasteiger partial charge in [0, 0.05) is 6.54 Å². The van der Waals surface area contributed by atoms with Crippen LogP contribution in [0.4, 0.5) is 0 Å². The molecule has 1 aromatic carbocycles. The van der Waals surface area contributed by atoms with Crippen LogP contribution in [0.25, 0.3) is 0 Å². The first-order chi connectivity index (χ1) is 8.68. The Morgan fingerprint density at radius 3 is 2.21 bits per heavy atom. The van der Waals surface area contributed by atoms with E-state index in [4.69, 9.17) is 5.11 Å². The molecule has 0 radical (unpaired) electrons. The molecular weight excluding hydrogens is 266 g/mol. The first-order valence-corrected chi connectivity index (χ1v) is 7.49. The molecule has 19 heavy (non-hydrogen) atoms. The predicted molar refractivity (Wildman–Crippen MR) is 72.7 cm³/mol. The maximum Gasteiger partial charge on any atom is 0.335 e. The van der Waals surface area contributed by atoms with Crippen molar-refractivity contribution in [3.05, 3.63) is 29.8 Å². The Morgan fingerprint density at radius 1 is 1.26 bits per heavy atom. The van der Waals surface area contributed by atoms with Crippen LogP contribution in [0.2, 0.25) is 0 Å². The molecule has 0 spiro atoms. The van der Waals surface area contributed by atoms with Crippen LogP contribution >= 0.6 is 0 Å². The molecule has 1 aromatic rings. The van der Waals surface area contributed by atoms with Gasteiger partial charge in [-0.25, -0.2) is 17.9 Å². The van der Waals surface area contributed by atoms with Gasteiger partial charge in [0.25, 0.3) is 0 Å². The molecule has 0 unspecified atom stereocenters. The van der Waals surface area contributed by atoms with Crippen LogP contribution in [0.1, 0.15) is 37.6 Å². The first-order valence-electron chi connectivity index (χ1n) is 6.01.